The Bertz CT molecular complexity index is 594. The van der Waals surface area contributed by atoms with Gasteiger partial charge in [0.1, 0.15) is 0 Å². The Labute approximate surface area is 144 Å². The molecule has 1 saturated heterocycles. The van der Waals surface area contributed by atoms with Crippen molar-refractivity contribution in [1.29, 1.82) is 0 Å². The van der Waals surface area contributed by atoms with Gasteiger partial charge in [-0.2, -0.15) is 0 Å². The summed E-state index contributed by atoms with van der Waals surface area (Å²) in [5.74, 6) is 0.984. The fourth-order valence-electron chi connectivity index (χ4n) is 4.17. The average molecular weight is 329 g/mol. The van der Waals surface area contributed by atoms with Crippen molar-refractivity contribution in [3.05, 3.63) is 36.5 Å². The zero-order valence-electron chi connectivity index (χ0n) is 14.5. The summed E-state index contributed by atoms with van der Waals surface area (Å²) in [6.07, 6.45) is 9.65. The molecule has 3 rings (SSSR count). The molecule has 2 aliphatic rings. The summed E-state index contributed by atoms with van der Waals surface area (Å²) >= 11 is 0. The van der Waals surface area contributed by atoms with Crippen LogP contribution in [0.5, 0.6) is 5.88 Å². The number of pyridine rings is 1. The van der Waals surface area contributed by atoms with Gasteiger partial charge in [0.25, 0.3) is 0 Å². The fraction of sp³-hybridized carbons (Fsp3) is 0.579. The zero-order valence-corrected chi connectivity index (χ0v) is 14.5. The molecule has 24 heavy (non-hydrogen) atoms. The topological polar surface area (TPSA) is 54.5 Å². The number of nitrogens with one attached hydrogen (secondary N) is 1. The third kappa shape index (κ3) is 3.31. The van der Waals surface area contributed by atoms with Crippen molar-refractivity contribution in [3.63, 3.8) is 0 Å². The Morgan fingerprint density at radius 1 is 1.46 bits per heavy atom. The van der Waals surface area contributed by atoms with Crippen LogP contribution in [0.25, 0.3) is 0 Å². The van der Waals surface area contributed by atoms with Gasteiger partial charge in [0.2, 0.25) is 11.8 Å². The summed E-state index contributed by atoms with van der Waals surface area (Å²) in [5, 5.41) is 3.63. The van der Waals surface area contributed by atoms with Gasteiger partial charge < -0.3 is 15.0 Å². The van der Waals surface area contributed by atoms with Crippen LogP contribution in [-0.2, 0) is 11.3 Å². The van der Waals surface area contributed by atoms with E-state index in [0.717, 1.165) is 44.2 Å². The first-order chi connectivity index (χ1) is 11.7. The Kier molecular flexibility index (Phi) is 5.19. The van der Waals surface area contributed by atoms with E-state index in [2.05, 4.69) is 21.8 Å². The van der Waals surface area contributed by atoms with Crippen LogP contribution in [0.1, 0.15) is 44.1 Å². The minimum atomic E-state index is 0.0788. The maximum absolute atomic E-state index is 12.1. The van der Waals surface area contributed by atoms with Crippen molar-refractivity contribution in [2.45, 2.75) is 56.7 Å². The van der Waals surface area contributed by atoms with E-state index in [-0.39, 0.29) is 5.54 Å². The molecule has 0 aromatic carbocycles. The Hall–Kier alpha value is -1.88. The lowest BCUT2D eigenvalue weighted by molar-refractivity contribution is -0.131. The lowest BCUT2D eigenvalue weighted by atomic mass is 9.77. The number of likely N-dealkylation sites (tertiary alicyclic amines) is 1. The van der Waals surface area contributed by atoms with Gasteiger partial charge in [-0.1, -0.05) is 12.1 Å². The van der Waals surface area contributed by atoms with Gasteiger partial charge in [-0.05, 0) is 38.2 Å². The van der Waals surface area contributed by atoms with Crippen molar-refractivity contribution in [3.8, 4) is 5.88 Å². The van der Waals surface area contributed by atoms with Crippen LogP contribution in [0.2, 0.25) is 0 Å². The molecule has 1 aromatic heterocycles. The Balaban J connectivity index is 1.55. The van der Waals surface area contributed by atoms with E-state index in [4.69, 9.17) is 4.74 Å². The molecule has 0 bridgehead atoms. The van der Waals surface area contributed by atoms with Gasteiger partial charge in [-0.15, -0.1) is 6.58 Å². The van der Waals surface area contributed by atoms with Crippen LogP contribution >= 0.6 is 0 Å². The molecule has 5 nitrogen and oxygen atoms in total. The average Bonchev–Trinajstić information content (AvgIpc) is 2.92. The third-order valence-corrected chi connectivity index (χ3v) is 5.53. The molecule has 0 unspecified atom stereocenters. The molecule has 2 fully saturated rings. The monoisotopic (exact) mass is 329 g/mol. The number of amides is 1. The van der Waals surface area contributed by atoms with Gasteiger partial charge in [-0.3, -0.25) is 4.79 Å². The number of nitrogens with zero attached hydrogens (tertiary/aromatic N) is 2. The lowest BCUT2D eigenvalue weighted by Crippen LogP contribution is -2.50. The smallest absolute Gasteiger partial charge is 0.223 e. The minimum Gasteiger partial charge on any atom is -0.481 e. The van der Waals surface area contributed by atoms with E-state index in [1.54, 1.807) is 13.3 Å². The van der Waals surface area contributed by atoms with Gasteiger partial charge in [0.15, 0.2) is 0 Å². The summed E-state index contributed by atoms with van der Waals surface area (Å²) in [5.41, 5.74) is 1.17. The van der Waals surface area contributed by atoms with E-state index in [1.165, 1.54) is 0 Å². The molecule has 1 aliphatic heterocycles. The lowest BCUT2D eigenvalue weighted by Gasteiger charge is -2.43. The standard InChI is InChI=1S/C19H27N3O2/c1-3-13-22-17(23)8-11-19(22)9-6-16(7-10-19)21-14-15-5-4-12-20-18(15)24-2/h3-5,12,16,21H,1,6-11,13-14H2,2H3. The highest BCUT2D eigenvalue weighted by Crippen LogP contribution is 2.42. The molecule has 1 amide bonds. The normalized spacial score (nSPS) is 26.8. The second-order valence-electron chi connectivity index (χ2n) is 6.84. The second-order valence-corrected chi connectivity index (χ2v) is 6.84. The molecule has 1 N–H and O–H groups in total. The van der Waals surface area contributed by atoms with Crippen LogP contribution in [0.3, 0.4) is 0 Å². The number of carbonyl (C=O) groups excluding carboxylic acids is 1. The number of hydrogen-bond acceptors (Lipinski definition) is 4. The van der Waals surface area contributed by atoms with E-state index in [9.17, 15) is 4.79 Å². The molecule has 1 aromatic rings. The second kappa shape index (κ2) is 7.34. The van der Waals surface area contributed by atoms with Crippen molar-refractivity contribution >= 4 is 5.91 Å². The zero-order chi connectivity index (χ0) is 17.0. The van der Waals surface area contributed by atoms with Crippen LogP contribution in [0, 0.1) is 0 Å². The summed E-state index contributed by atoms with van der Waals surface area (Å²) in [6, 6.07) is 4.47. The van der Waals surface area contributed by atoms with Crippen LogP contribution < -0.4 is 10.1 Å². The van der Waals surface area contributed by atoms with E-state index in [1.807, 2.05) is 18.2 Å². The molecule has 0 atom stereocenters. The molecule has 1 aliphatic carbocycles. The maximum Gasteiger partial charge on any atom is 0.223 e. The number of aromatic nitrogens is 1. The molecular weight excluding hydrogens is 302 g/mol. The van der Waals surface area contributed by atoms with Crippen molar-refractivity contribution in [1.82, 2.24) is 15.2 Å². The first-order valence-corrected chi connectivity index (χ1v) is 8.81. The number of hydrogen-bond donors (Lipinski definition) is 1. The highest BCUT2D eigenvalue weighted by molar-refractivity contribution is 5.80. The molecule has 0 radical (unpaired) electrons. The fourth-order valence-corrected chi connectivity index (χ4v) is 4.17. The van der Waals surface area contributed by atoms with E-state index in [0.29, 0.717) is 30.8 Å². The number of methoxy groups -OCH3 is 1. The largest absolute Gasteiger partial charge is 0.481 e. The molecule has 130 valence electrons. The van der Waals surface area contributed by atoms with Gasteiger partial charge in [-0.25, -0.2) is 4.98 Å². The highest BCUT2D eigenvalue weighted by Gasteiger charge is 2.46. The molecule has 5 heteroatoms. The Morgan fingerprint density at radius 3 is 2.96 bits per heavy atom. The molecular formula is C19H27N3O2. The van der Waals surface area contributed by atoms with Crippen molar-refractivity contribution < 1.29 is 9.53 Å². The Morgan fingerprint density at radius 2 is 2.25 bits per heavy atom. The first kappa shape index (κ1) is 17.0. The number of ether oxygens (including phenoxy) is 1. The predicted molar refractivity (Wildman–Crippen MR) is 93.8 cm³/mol. The summed E-state index contributed by atoms with van der Waals surface area (Å²) in [6.45, 7) is 5.26. The van der Waals surface area contributed by atoms with Gasteiger partial charge in [0, 0.05) is 42.9 Å². The van der Waals surface area contributed by atoms with Crippen molar-refractivity contribution in [2.24, 2.45) is 0 Å². The summed E-state index contributed by atoms with van der Waals surface area (Å²) < 4.78 is 5.31. The SMILES string of the molecule is C=CCN1C(=O)CCC12CCC(NCc1cccnc1OC)CC2. The molecule has 2 heterocycles. The quantitative estimate of drug-likeness (QED) is 0.815. The number of carbonyl (C=O) groups is 1. The van der Waals surface area contributed by atoms with Crippen LogP contribution in [0.4, 0.5) is 0 Å². The van der Waals surface area contributed by atoms with Crippen LogP contribution in [0.15, 0.2) is 31.0 Å². The predicted octanol–water partition coefficient (Wildman–Crippen LogP) is 2.67. The summed E-state index contributed by atoms with van der Waals surface area (Å²) in [4.78, 5) is 18.5. The van der Waals surface area contributed by atoms with Crippen molar-refractivity contribution in [2.75, 3.05) is 13.7 Å². The first-order valence-electron chi connectivity index (χ1n) is 8.81. The summed E-state index contributed by atoms with van der Waals surface area (Å²) in [7, 11) is 1.65. The van der Waals surface area contributed by atoms with E-state index < -0.39 is 0 Å². The third-order valence-electron chi connectivity index (χ3n) is 5.53. The van der Waals surface area contributed by atoms with Gasteiger partial charge >= 0.3 is 0 Å². The van der Waals surface area contributed by atoms with E-state index >= 15 is 0 Å². The highest BCUT2D eigenvalue weighted by atomic mass is 16.5. The molecule has 1 saturated carbocycles. The van der Waals surface area contributed by atoms with Crippen LogP contribution in [-0.4, -0.2) is 41.0 Å². The number of rotatable bonds is 6. The van der Waals surface area contributed by atoms with Gasteiger partial charge in [0.05, 0.1) is 7.11 Å². The minimum absolute atomic E-state index is 0.0788. The maximum atomic E-state index is 12.1. The molecule has 1 spiro atoms.